The second-order valence-corrected chi connectivity index (χ2v) is 10.6. The molecular weight excluding hydrogens is 484 g/mol. The molecule has 10 heteroatoms. The molecule has 2 aliphatic rings. The lowest BCUT2D eigenvalue weighted by Gasteiger charge is -2.35. The normalized spacial score (nSPS) is 18.0. The van der Waals surface area contributed by atoms with Crippen LogP contribution in [0.1, 0.15) is 63.6 Å². The number of esters is 1. The third-order valence-electron chi connectivity index (χ3n) is 6.32. The second kappa shape index (κ2) is 11.4. The maximum Gasteiger partial charge on any atom is 0.309 e. The largest absolute Gasteiger partial charge is 0.466 e. The fourth-order valence-corrected chi connectivity index (χ4v) is 6.06. The zero-order valence-corrected chi connectivity index (χ0v) is 22.6. The molecule has 188 valence electrons. The molecule has 1 aromatic rings. The first-order valence-electron chi connectivity index (χ1n) is 12.0. The van der Waals surface area contributed by atoms with Crippen molar-refractivity contribution in [2.45, 2.75) is 66.5 Å². The maximum absolute atomic E-state index is 13.3. The number of thioether (sulfide) groups is 1. The van der Waals surface area contributed by atoms with E-state index in [0.29, 0.717) is 71.7 Å². The molecule has 0 unspecified atom stereocenters. The lowest BCUT2D eigenvalue weighted by molar-refractivity contribution is -0.148. The van der Waals surface area contributed by atoms with Crippen molar-refractivity contribution in [2.24, 2.45) is 5.92 Å². The van der Waals surface area contributed by atoms with E-state index in [1.807, 2.05) is 20.8 Å². The number of pyridine rings is 1. The van der Waals surface area contributed by atoms with Gasteiger partial charge in [0.1, 0.15) is 21.8 Å². The number of nitrogens with zero attached hydrogens (tertiary/aromatic N) is 4. The molecule has 0 spiro atoms. The van der Waals surface area contributed by atoms with Gasteiger partial charge in [0.2, 0.25) is 0 Å². The van der Waals surface area contributed by atoms with Crippen LogP contribution in [0.25, 0.3) is 6.08 Å². The van der Waals surface area contributed by atoms with E-state index in [-0.39, 0.29) is 35.0 Å². The van der Waals surface area contributed by atoms with Crippen LogP contribution in [0.15, 0.2) is 9.70 Å². The van der Waals surface area contributed by atoms with E-state index in [9.17, 15) is 19.6 Å². The third-order valence-corrected chi connectivity index (χ3v) is 7.65. The number of ether oxygens (including phenoxy) is 1. The molecule has 1 amide bonds. The Bertz CT molecular complexity index is 1160. The van der Waals surface area contributed by atoms with Crippen molar-refractivity contribution < 1.29 is 14.3 Å². The number of anilines is 1. The van der Waals surface area contributed by atoms with Crippen LogP contribution in [-0.2, 0) is 20.9 Å². The van der Waals surface area contributed by atoms with Crippen LogP contribution in [0.2, 0.25) is 0 Å². The van der Waals surface area contributed by atoms with Crippen molar-refractivity contribution in [2.75, 3.05) is 24.6 Å². The van der Waals surface area contributed by atoms with Crippen molar-refractivity contribution in [1.82, 2.24) is 9.47 Å². The summed E-state index contributed by atoms with van der Waals surface area (Å²) in [5, 5.41) is 9.78. The molecule has 2 aliphatic heterocycles. The van der Waals surface area contributed by atoms with E-state index in [1.54, 1.807) is 29.4 Å². The zero-order chi connectivity index (χ0) is 25.9. The maximum atomic E-state index is 13.3. The molecule has 2 fully saturated rings. The number of hydrogen-bond donors (Lipinski definition) is 0. The minimum absolute atomic E-state index is 0.0698. The van der Waals surface area contributed by atoms with Gasteiger partial charge in [-0.05, 0) is 58.6 Å². The standard InChI is InChI=1S/C25H32N4O4S2/c1-6-10-28-21(27-11-8-17(9-12-27)24(32)33-7-2)18(16(5)19(14-26)22(28)30)13-20-23(31)29(15(3)4)25(34)35-20/h13,15,17H,6-12H2,1-5H3/b20-13-. The number of piperidine rings is 1. The highest BCUT2D eigenvalue weighted by molar-refractivity contribution is 8.26. The van der Waals surface area contributed by atoms with Crippen LogP contribution >= 0.6 is 24.0 Å². The Kier molecular flexibility index (Phi) is 8.78. The van der Waals surface area contributed by atoms with Crippen molar-refractivity contribution >= 4 is 52.1 Å². The lowest BCUT2D eigenvalue weighted by Crippen LogP contribution is -2.41. The number of carbonyl (C=O) groups is 2. The Balaban J connectivity index is 2.14. The first-order chi connectivity index (χ1) is 16.7. The number of nitriles is 1. The van der Waals surface area contributed by atoms with Crippen molar-refractivity contribution in [3.05, 3.63) is 31.9 Å². The van der Waals surface area contributed by atoms with Gasteiger partial charge in [-0.15, -0.1) is 0 Å². The van der Waals surface area contributed by atoms with Crippen LogP contribution in [0, 0.1) is 24.2 Å². The highest BCUT2D eigenvalue weighted by atomic mass is 32.2. The molecule has 0 saturated carbocycles. The average Bonchev–Trinajstić information content (AvgIpc) is 3.10. The van der Waals surface area contributed by atoms with Gasteiger partial charge in [-0.25, -0.2) is 0 Å². The fourth-order valence-electron chi connectivity index (χ4n) is 4.56. The molecule has 0 N–H and O–H groups in total. The van der Waals surface area contributed by atoms with Gasteiger partial charge in [-0.2, -0.15) is 5.26 Å². The van der Waals surface area contributed by atoms with Crippen molar-refractivity contribution in [3.8, 4) is 6.07 Å². The Morgan fingerprint density at radius 3 is 2.46 bits per heavy atom. The molecule has 0 radical (unpaired) electrons. The van der Waals surface area contributed by atoms with Gasteiger partial charge in [0.25, 0.3) is 11.5 Å². The second-order valence-electron chi connectivity index (χ2n) is 8.96. The van der Waals surface area contributed by atoms with Crippen LogP contribution in [0.4, 0.5) is 5.82 Å². The molecule has 1 aromatic heterocycles. The Morgan fingerprint density at radius 2 is 1.94 bits per heavy atom. The van der Waals surface area contributed by atoms with Gasteiger partial charge in [0.05, 0.1) is 17.4 Å². The minimum atomic E-state index is -0.332. The highest BCUT2D eigenvalue weighted by Gasteiger charge is 2.35. The predicted octanol–water partition coefficient (Wildman–Crippen LogP) is 3.83. The molecule has 0 aliphatic carbocycles. The van der Waals surface area contributed by atoms with Crippen LogP contribution in [0.5, 0.6) is 0 Å². The van der Waals surface area contributed by atoms with Gasteiger partial charge < -0.3 is 9.64 Å². The lowest BCUT2D eigenvalue weighted by atomic mass is 9.95. The number of carbonyl (C=O) groups excluding carboxylic acids is 2. The molecule has 0 aromatic carbocycles. The fraction of sp³-hybridized carbons (Fsp3) is 0.560. The number of rotatable bonds is 7. The Labute approximate surface area is 215 Å². The zero-order valence-electron chi connectivity index (χ0n) is 20.9. The Morgan fingerprint density at radius 1 is 1.29 bits per heavy atom. The summed E-state index contributed by atoms with van der Waals surface area (Å²) < 4.78 is 7.34. The van der Waals surface area contributed by atoms with E-state index in [4.69, 9.17) is 17.0 Å². The van der Waals surface area contributed by atoms with Crippen LogP contribution in [0.3, 0.4) is 0 Å². The molecule has 3 rings (SSSR count). The van der Waals surface area contributed by atoms with Gasteiger partial charge in [0.15, 0.2) is 0 Å². The van der Waals surface area contributed by atoms with Crippen molar-refractivity contribution in [1.29, 1.82) is 5.26 Å². The molecule has 0 atom stereocenters. The summed E-state index contributed by atoms with van der Waals surface area (Å²) in [4.78, 5) is 42.8. The number of thiocarbonyl (C=S) groups is 1. The number of hydrogen-bond acceptors (Lipinski definition) is 8. The van der Waals surface area contributed by atoms with E-state index in [1.165, 1.54) is 11.8 Å². The first-order valence-corrected chi connectivity index (χ1v) is 13.2. The highest BCUT2D eigenvalue weighted by Crippen LogP contribution is 2.37. The smallest absolute Gasteiger partial charge is 0.309 e. The van der Waals surface area contributed by atoms with Gasteiger partial charge >= 0.3 is 5.97 Å². The molecule has 3 heterocycles. The summed E-state index contributed by atoms with van der Waals surface area (Å²) in [5.41, 5.74) is 0.964. The monoisotopic (exact) mass is 516 g/mol. The summed E-state index contributed by atoms with van der Waals surface area (Å²) in [6.45, 7) is 11.3. The summed E-state index contributed by atoms with van der Waals surface area (Å²) >= 11 is 6.67. The molecule has 2 saturated heterocycles. The molecule has 35 heavy (non-hydrogen) atoms. The summed E-state index contributed by atoms with van der Waals surface area (Å²) in [6, 6.07) is 2.00. The van der Waals surface area contributed by atoms with Gasteiger partial charge in [-0.1, -0.05) is 30.9 Å². The van der Waals surface area contributed by atoms with Gasteiger partial charge in [-0.3, -0.25) is 23.9 Å². The van der Waals surface area contributed by atoms with Crippen LogP contribution < -0.4 is 10.5 Å². The van der Waals surface area contributed by atoms with E-state index in [2.05, 4.69) is 11.0 Å². The van der Waals surface area contributed by atoms with Gasteiger partial charge in [0, 0.05) is 31.2 Å². The van der Waals surface area contributed by atoms with E-state index in [0.717, 1.165) is 0 Å². The molecule has 0 bridgehead atoms. The summed E-state index contributed by atoms with van der Waals surface area (Å²) in [5.74, 6) is 0.146. The number of amides is 1. The summed E-state index contributed by atoms with van der Waals surface area (Å²) in [7, 11) is 0. The average molecular weight is 517 g/mol. The minimum Gasteiger partial charge on any atom is -0.466 e. The quantitative estimate of drug-likeness (QED) is 0.307. The number of aromatic nitrogens is 1. The first kappa shape index (κ1) is 27.0. The SMILES string of the molecule is CCCn1c(N2CCC(C(=O)OCC)CC2)c(/C=C2\SC(=S)N(C(C)C)C2=O)c(C)c(C#N)c1=O. The predicted molar refractivity (Wildman–Crippen MR) is 142 cm³/mol. The van der Waals surface area contributed by atoms with Crippen LogP contribution in [-0.4, -0.2) is 51.4 Å². The topological polar surface area (TPSA) is 95.6 Å². The Hall–Kier alpha value is -2.64. The molecular formula is C25H32N4O4S2. The summed E-state index contributed by atoms with van der Waals surface area (Å²) in [6.07, 6.45) is 3.69. The molecule has 8 nitrogen and oxygen atoms in total. The van der Waals surface area contributed by atoms with Crippen molar-refractivity contribution in [3.63, 3.8) is 0 Å². The van der Waals surface area contributed by atoms with E-state index >= 15 is 0 Å². The third kappa shape index (κ3) is 5.31. The van der Waals surface area contributed by atoms with E-state index < -0.39 is 0 Å².